The summed E-state index contributed by atoms with van der Waals surface area (Å²) >= 11 is 1.32. The van der Waals surface area contributed by atoms with Crippen molar-refractivity contribution >= 4 is 39.9 Å². The maximum atomic E-state index is 12.4. The zero-order valence-electron chi connectivity index (χ0n) is 15.0. The normalized spacial score (nSPS) is 10.3. The lowest BCUT2D eigenvalue weighted by atomic mass is 10.1. The molecule has 0 fully saturated rings. The number of amides is 2. The quantitative estimate of drug-likeness (QED) is 0.625. The van der Waals surface area contributed by atoms with Crippen LogP contribution in [0, 0.1) is 6.92 Å². The van der Waals surface area contributed by atoms with Gasteiger partial charge in [-0.2, -0.15) is 0 Å². The lowest BCUT2D eigenvalue weighted by Gasteiger charge is -2.05. The summed E-state index contributed by atoms with van der Waals surface area (Å²) in [5.41, 5.74) is 3.30. The summed E-state index contributed by atoms with van der Waals surface area (Å²) in [7, 11) is 1.70. The first kappa shape index (κ1) is 18.5. The Bertz CT molecular complexity index is 984. The van der Waals surface area contributed by atoms with Crippen LogP contribution < -0.4 is 16.0 Å². The minimum atomic E-state index is -0.348. The number of thiazole rings is 1. The highest BCUT2D eigenvalue weighted by Crippen LogP contribution is 2.26. The number of anilines is 3. The molecule has 0 unspecified atom stereocenters. The van der Waals surface area contributed by atoms with Crippen LogP contribution in [0.4, 0.5) is 16.8 Å². The van der Waals surface area contributed by atoms with Crippen molar-refractivity contribution in [2.24, 2.45) is 0 Å². The molecular weight excluding hydrogens is 364 g/mol. The number of aryl methyl sites for hydroxylation is 1. The number of benzene rings is 1. The topological polar surface area (TPSA) is 109 Å². The SMILES string of the molecule is CNc1nc(C)cc(C(=O)Nc2nc(-c3ccc(NC(C)=O)cc3)cs2)n1. The molecule has 2 amide bonds. The smallest absolute Gasteiger partial charge is 0.276 e. The molecule has 3 aromatic rings. The van der Waals surface area contributed by atoms with Gasteiger partial charge in [-0.25, -0.2) is 15.0 Å². The number of hydrogen-bond acceptors (Lipinski definition) is 7. The van der Waals surface area contributed by atoms with Crippen LogP contribution in [-0.4, -0.2) is 33.8 Å². The van der Waals surface area contributed by atoms with E-state index in [2.05, 4.69) is 30.9 Å². The number of nitrogens with zero attached hydrogens (tertiary/aromatic N) is 3. The number of aromatic nitrogens is 3. The van der Waals surface area contributed by atoms with Crippen molar-refractivity contribution in [2.75, 3.05) is 23.0 Å². The summed E-state index contributed by atoms with van der Waals surface area (Å²) in [6.07, 6.45) is 0. The van der Waals surface area contributed by atoms with Gasteiger partial charge in [-0.1, -0.05) is 12.1 Å². The average molecular weight is 382 g/mol. The van der Waals surface area contributed by atoms with Crippen molar-refractivity contribution in [1.29, 1.82) is 0 Å². The Morgan fingerprint density at radius 3 is 2.44 bits per heavy atom. The third kappa shape index (κ3) is 4.64. The van der Waals surface area contributed by atoms with Crippen LogP contribution in [0.1, 0.15) is 23.1 Å². The number of carbonyl (C=O) groups is 2. The van der Waals surface area contributed by atoms with Gasteiger partial charge in [0.05, 0.1) is 5.69 Å². The van der Waals surface area contributed by atoms with Gasteiger partial charge in [-0.15, -0.1) is 11.3 Å². The highest BCUT2D eigenvalue weighted by atomic mass is 32.1. The lowest BCUT2D eigenvalue weighted by molar-refractivity contribution is -0.114. The maximum absolute atomic E-state index is 12.4. The summed E-state index contributed by atoms with van der Waals surface area (Å²) in [4.78, 5) is 36.3. The van der Waals surface area contributed by atoms with E-state index >= 15 is 0 Å². The zero-order valence-corrected chi connectivity index (χ0v) is 15.8. The lowest BCUT2D eigenvalue weighted by Crippen LogP contribution is -2.15. The van der Waals surface area contributed by atoms with E-state index in [0.717, 1.165) is 16.9 Å². The molecule has 0 aliphatic carbocycles. The molecule has 9 heteroatoms. The van der Waals surface area contributed by atoms with E-state index in [9.17, 15) is 9.59 Å². The molecule has 2 heterocycles. The van der Waals surface area contributed by atoms with E-state index < -0.39 is 0 Å². The summed E-state index contributed by atoms with van der Waals surface area (Å²) in [5, 5.41) is 10.6. The molecule has 3 rings (SSSR count). The van der Waals surface area contributed by atoms with Gasteiger partial charge in [0.15, 0.2) is 5.13 Å². The zero-order chi connectivity index (χ0) is 19.4. The fourth-order valence-electron chi connectivity index (χ4n) is 2.35. The van der Waals surface area contributed by atoms with Crippen LogP contribution in [0.3, 0.4) is 0 Å². The van der Waals surface area contributed by atoms with Gasteiger partial charge in [0, 0.05) is 36.3 Å². The Kier molecular flexibility index (Phi) is 5.41. The molecule has 0 saturated heterocycles. The Balaban J connectivity index is 1.73. The van der Waals surface area contributed by atoms with Gasteiger partial charge in [-0.05, 0) is 25.1 Å². The second-order valence-electron chi connectivity index (χ2n) is 5.72. The van der Waals surface area contributed by atoms with Crippen molar-refractivity contribution in [3.8, 4) is 11.3 Å². The Morgan fingerprint density at radius 2 is 1.78 bits per heavy atom. The Hall–Kier alpha value is -3.33. The summed E-state index contributed by atoms with van der Waals surface area (Å²) < 4.78 is 0. The number of rotatable bonds is 5. The summed E-state index contributed by atoms with van der Waals surface area (Å²) in [6, 6.07) is 8.94. The monoisotopic (exact) mass is 382 g/mol. The van der Waals surface area contributed by atoms with Gasteiger partial charge < -0.3 is 10.6 Å². The van der Waals surface area contributed by atoms with E-state index in [4.69, 9.17) is 0 Å². The third-order valence-electron chi connectivity index (χ3n) is 3.54. The maximum Gasteiger partial charge on any atom is 0.276 e. The molecule has 0 spiro atoms. The molecule has 0 atom stereocenters. The molecule has 1 aromatic carbocycles. The van der Waals surface area contributed by atoms with Crippen molar-refractivity contribution in [3.05, 3.63) is 47.1 Å². The fourth-order valence-corrected chi connectivity index (χ4v) is 3.06. The molecule has 0 radical (unpaired) electrons. The molecular formula is C18H18N6O2S. The van der Waals surface area contributed by atoms with E-state index in [0.29, 0.717) is 16.8 Å². The first-order valence-electron chi connectivity index (χ1n) is 8.13. The number of hydrogen-bond donors (Lipinski definition) is 3. The number of carbonyl (C=O) groups excluding carboxylic acids is 2. The van der Waals surface area contributed by atoms with Gasteiger partial charge >= 0.3 is 0 Å². The molecule has 0 saturated carbocycles. The molecule has 27 heavy (non-hydrogen) atoms. The minimum absolute atomic E-state index is 0.122. The molecule has 0 aliphatic heterocycles. The van der Waals surface area contributed by atoms with Crippen LogP contribution in [0.5, 0.6) is 0 Å². The molecule has 0 bridgehead atoms. The molecule has 138 valence electrons. The van der Waals surface area contributed by atoms with Crippen LogP contribution in [0.15, 0.2) is 35.7 Å². The van der Waals surface area contributed by atoms with Crippen molar-refractivity contribution in [3.63, 3.8) is 0 Å². The van der Waals surface area contributed by atoms with Crippen molar-refractivity contribution in [2.45, 2.75) is 13.8 Å². The van der Waals surface area contributed by atoms with Crippen LogP contribution in [0.2, 0.25) is 0 Å². The number of nitrogens with one attached hydrogen (secondary N) is 3. The third-order valence-corrected chi connectivity index (χ3v) is 4.29. The minimum Gasteiger partial charge on any atom is -0.357 e. The largest absolute Gasteiger partial charge is 0.357 e. The van der Waals surface area contributed by atoms with E-state index in [1.165, 1.54) is 18.3 Å². The van der Waals surface area contributed by atoms with E-state index in [1.807, 2.05) is 17.5 Å². The van der Waals surface area contributed by atoms with Crippen molar-refractivity contribution in [1.82, 2.24) is 15.0 Å². The highest BCUT2D eigenvalue weighted by molar-refractivity contribution is 7.14. The van der Waals surface area contributed by atoms with Gasteiger partial charge in [0.25, 0.3) is 5.91 Å². The van der Waals surface area contributed by atoms with Crippen molar-refractivity contribution < 1.29 is 9.59 Å². The Morgan fingerprint density at radius 1 is 1.04 bits per heavy atom. The summed E-state index contributed by atoms with van der Waals surface area (Å²) in [5.74, 6) is -0.0825. The van der Waals surface area contributed by atoms with Crippen LogP contribution >= 0.6 is 11.3 Å². The Labute approximate surface area is 160 Å². The fraction of sp³-hybridized carbons (Fsp3) is 0.167. The van der Waals surface area contributed by atoms with Gasteiger partial charge in [-0.3, -0.25) is 14.9 Å². The predicted octanol–water partition coefficient (Wildman–Crippen LogP) is 3.16. The predicted molar refractivity (Wildman–Crippen MR) is 106 cm³/mol. The first-order valence-corrected chi connectivity index (χ1v) is 9.01. The van der Waals surface area contributed by atoms with E-state index in [1.54, 1.807) is 32.2 Å². The van der Waals surface area contributed by atoms with Crippen LogP contribution in [-0.2, 0) is 4.79 Å². The highest BCUT2D eigenvalue weighted by Gasteiger charge is 2.13. The summed E-state index contributed by atoms with van der Waals surface area (Å²) in [6.45, 7) is 3.26. The molecule has 2 aromatic heterocycles. The van der Waals surface area contributed by atoms with E-state index in [-0.39, 0.29) is 17.5 Å². The second-order valence-corrected chi connectivity index (χ2v) is 6.58. The standard InChI is InChI=1S/C18H18N6O2S/c1-10-8-14(22-17(19-3)20-10)16(26)24-18-23-15(9-27-18)12-4-6-13(7-5-12)21-11(2)25/h4-9H,1-3H3,(H,21,25)(H,19,20,22)(H,23,24,26). The average Bonchev–Trinajstić information content (AvgIpc) is 3.09. The van der Waals surface area contributed by atoms with Gasteiger partial charge in [0.1, 0.15) is 5.69 Å². The van der Waals surface area contributed by atoms with Crippen LogP contribution in [0.25, 0.3) is 11.3 Å². The molecule has 8 nitrogen and oxygen atoms in total. The van der Waals surface area contributed by atoms with Gasteiger partial charge in [0.2, 0.25) is 11.9 Å². The first-order chi connectivity index (χ1) is 12.9. The molecule has 0 aliphatic rings. The molecule has 3 N–H and O–H groups in total. The second kappa shape index (κ2) is 7.92.